The lowest BCUT2D eigenvalue weighted by molar-refractivity contribution is -0.308. The second-order valence-electron chi connectivity index (χ2n) is 7.35. The highest BCUT2D eigenvalue weighted by atomic mass is 16.4. The number of hydrogen-bond acceptors (Lipinski definition) is 6. The highest BCUT2D eigenvalue weighted by Gasteiger charge is 2.17. The SMILES string of the molecule is CCC[C@H](NC(=O)CCc1c(C)c2cc3c(C)c(C)oc3cc2oc1=O)C(=O)[O-]. The van der Waals surface area contributed by atoms with Crippen LogP contribution in [0.1, 0.15) is 48.6 Å². The molecule has 3 rings (SSSR count). The van der Waals surface area contributed by atoms with Crippen LogP contribution in [0.4, 0.5) is 0 Å². The molecule has 7 heteroatoms. The smallest absolute Gasteiger partial charge is 0.339 e. The van der Waals surface area contributed by atoms with Gasteiger partial charge in [-0.15, -0.1) is 0 Å². The number of carbonyl (C=O) groups excluding carboxylic acids is 2. The summed E-state index contributed by atoms with van der Waals surface area (Å²) in [5.41, 5.74) is 2.76. The lowest BCUT2D eigenvalue weighted by Crippen LogP contribution is -2.47. The van der Waals surface area contributed by atoms with Gasteiger partial charge in [-0.2, -0.15) is 0 Å². The fourth-order valence-electron chi connectivity index (χ4n) is 3.56. The van der Waals surface area contributed by atoms with Gasteiger partial charge in [0.15, 0.2) is 0 Å². The number of amides is 1. The first-order chi connectivity index (χ1) is 13.7. The predicted octanol–water partition coefficient (Wildman–Crippen LogP) is 2.43. The van der Waals surface area contributed by atoms with E-state index >= 15 is 0 Å². The standard InChI is InChI=1S/C22H25NO6/c1-5-6-17(21(25)26)23-20(24)8-7-14-12(3)16-9-15-11(2)13(4)28-18(15)10-19(16)29-22(14)27/h9-10,17H,5-8H2,1-4H3,(H,23,24)(H,25,26)/p-1/t17-/m0/s1. The number of hydrogen-bond donors (Lipinski definition) is 1. The van der Waals surface area contributed by atoms with Crippen LogP contribution in [0.25, 0.3) is 21.9 Å². The Morgan fingerprint density at radius 1 is 1.07 bits per heavy atom. The van der Waals surface area contributed by atoms with E-state index in [4.69, 9.17) is 8.83 Å². The van der Waals surface area contributed by atoms with Crippen molar-refractivity contribution in [3.05, 3.63) is 45.0 Å². The molecule has 3 aromatic rings. The van der Waals surface area contributed by atoms with Gasteiger partial charge in [0, 0.05) is 28.8 Å². The normalized spacial score (nSPS) is 12.4. The Kier molecular flexibility index (Phi) is 5.77. The summed E-state index contributed by atoms with van der Waals surface area (Å²) >= 11 is 0. The highest BCUT2D eigenvalue weighted by Crippen LogP contribution is 2.31. The number of benzene rings is 1. The van der Waals surface area contributed by atoms with Crippen molar-refractivity contribution >= 4 is 33.8 Å². The summed E-state index contributed by atoms with van der Waals surface area (Å²) in [7, 11) is 0. The Morgan fingerprint density at radius 3 is 2.38 bits per heavy atom. The second-order valence-corrected chi connectivity index (χ2v) is 7.35. The van der Waals surface area contributed by atoms with Crippen molar-refractivity contribution < 1.29 is 23.5 Å². The van der Waals surface area contributed by atoms with Gasteiger partial charge in [-0.25, -0.2) is 4.79 Å². The molecule has 0 fully saturated rings. The average Bonchev–Trinajstić information content (AvgIpc) is 2.93. The van der Waals surface area contributed by atoms with Gasteiger partial charge in [0.1, 0.15) is 16.9 Å². The molecule has 2 aromatic heterocycles. The molecular formula is C22H24NO6-. The molecule has 0 aliphatic heterocycles. The Balaban J connectivity index is 1.88. The molecule has 0 saturated heterocycles. The van der Waals surface area contributed by atoms with E-state index in [-0.39, 0.29) is 12.8 Å². The quantitative estimate of drug-likeness (QED) is 0.612. The number of furan rings is 1. The van der Waals surface area contributed by atoms with Crippen LogP contribution in [-0.4, -0.2) is 17.9 Å². The molecule has 1 atom stereocenters. The molecule has 1 aromatic carbocycles. The fourth-order valence-corrected chi connectivity index (χ4v) is 3.56. The minimum atomic E-state index is -1.31. The van der Waals surface area contributed by atoms with Crippen LogP contribution in [0.5, 0.6) is 0 Å². The minimum absolute atomic E-state index is 0.0172. The summed E-state index contributed by atoms with van der Waals surface area (Å²) in [6.07, 6.45) is 1.04. The summed E-state index contributed by atoms with van der Waals surface area (Å²) in [6, 6.07) is 2.62. The van der Waals surface area contributed by atoms with E-state index in [1.165, 1.54) is 0 Å². The van der Waals surface area contributed by atoms with E-state index in [9.17, 15) is 19.5 Å². The summed E-state index contributed by atoms with van der Waals surface area (Å²) < 4.78 is 11.2. The van der Waals surface area contributed by atoms with Crippen molar-refractivity contribution in [2.75, 3.05) is 0 Å². The molecule has 0 radical (unpaired) electrons. The first-order valence-corrected chi connectivity index (χ1v) is 9.69. The topological polar surface area (TPSA) is 113 Å². The number of carbonyl (C=O) groups is 2. The molecule has 0 aliphatic carbocycles. The average molecular weight is 398 g/mol. The van der Waals surface area contributed by atoms with Crippen LogP contribution in [0.3, 0.4) is 0 Å². The van der Waals surface area contributed by atoms with Gasteiger partial charge in [-0.3, -0.25) is 4.79 Å². The van der Waals surface area contributed by atoms with Crippen molar-refractivity contribution in [1.82, 2.24) is 5.32 Å². The van der Waals surface area contributed by atoms with Gasteiger partial charge in [0.2, 0.25) is 5.91 Å². The maximum absolute atomic E-state index is 12.5. The number of carboxylic acids is 1. The number of rotatable bonds is 7. The maximum atomic E-state index is 12.5. The van der Waals surface area contributed by atoms with Crippen molar-refractivity contribution in [1.29, 1.82) is 0 Å². The van der Waals surface area contributed by atoms with E-state index in [1.54, 1.807) is 6.07 Å². The molecule has 0 bridgehead atoms. The Labute approximate surface area is 167 Å². The Morgan fingerprint density at radius 2 is 1.72 bits per heavy atom. The molecule has 1 amide bonds. The number of aryl methyl sites for hydroxylation is 3. The van der Waals surface area contributed by atoms with E-state index in [0.29, 0.717) is 29.6 Å². The predicted molar refractivity (Wildman–Crippen MR) is 107 cm³/mol. The Hall–Kier alpha value is -3.09. The van der Waals surface area contributed by atoms with Crippen LogP contribution >= 0.6 is 0 Å². The Bertz CT molecular complexity index is 1150. The largest absolute Gasteiger partial charge is 0.548 e. The fraction of sp³-hybridized carbons (Fsp3) is 0.409. The maximum Gasteiger partial charge on any atom is 0.339 e. The van der Waals surface area contributed by atoms with Crippen LogP contribution in [-0.2, 0) is 16.0 Å². The third-order valence-corrected chi connectivity index (χ3v) is 5.38. The van der Waals surface area contributed by atoms with Crippen LogP contribution in [0, 0.1) is 20.8 Å². The van der Waals surface area contributed by atoms with E-state index in [1.807, 2.05) is 33.8 Å². The summed E-state index contributed by atoms with van der Waals surface area (Å²) in [4.78, 5) is 35.7. The molecule has 0 spiro atoms. The highest BCUT2D eigenvalue weighted by molar-refractivity contribution is 5.96. The number of fused-ring (bicyclic) bond motifs is 2. The second kappa shape index (κ2) is 8.11. The first-order valence-electron chi connectivity index (χ1n) is 9.69. The molecular weight excluding hydrogens is 374 g/mol. The van der Waals surface area contributed by atoms with Gasteiger partial charge in [-0.1, -0.05) is 13.3 Å². The zero-order valence-corrected chi connectivity index (χ0v) is 17.0. The van der Waals surface area contributed by atoms with Gasteiger partial charge in [0.25, 0.3) is 0 Å². The summed E-state index contributed by atoms with van der Waals surface area (Å²) in [6.45, 7) is 7.50. The number of nitrogens with one attached hydrogen (secondary N) is 1. The number of aliphatic carboxylic acids is 1. The molecule has 29 heavy (non-hydrogen) atoms. The summed E-state index contributed by atoms with van der Waals surface area (Å²) in [5.74, 6) is -0.943. The zero-order chi connectivity index (χ0) is 21.3. The van der Waals surface area contributed by atoms with Crippen LogP contribution in [0.2, 0.25) is 0 Å². The molecule has 0 unspecified atom stereocenters. The number of carboxylic acid groups (broad SMARTS) is 1. The molecule has 2 heterocycles. The lowest BCUT2D eigenvalue weighted by Gasteiger charge is -2.19. The van der Waals surface area contributed by atoms with Crippen LogP contribution in [0.15, 0.2) is 25.8 Å². The molecule has 1 N–H and O–H groups in total. The van der Waals surface area contributed by atoms with Gasteiger partial charge in [-0.05, 0) is 50.8 Å². The van der Waals surface area contributed by atoms with Gasteiger partial charge in [0.05, 0.1) is 12.0 Å². The van der Waals surface area contributed by atoms with Crippen molar-refractivity contribution in [2.24, 2.45) is 0 Å². The van der Waals surface area contributed by atoms with Crippen LogP contribution < -0.4 is 16.0 Å². The van der Waals surface area contributed by atoms with E-state index < -0.39 is 23.5 Å². The van der Waals surface area contributed by atoms with Crippen molar-refractivity contribution in [3.8, 4) is 0 Å². The van der Waals surface area contributed by atoms with Gasteiger partial charge < -0.3 is 24.1 Å². The minimum Gasteiger partial charge on any atom is -0.548 e. The van der Waals surface area contributed by atoms with E-state index in [2.05, 4.69) is 5.32 Å². The third kappa shape index (κ3) is 4.04. The molecule has 0 aliphatic rings. The van der Waals surface area contributed by atoms with Crippen molar-refractivity contribution in [2.45, 2.75) is 59.4 Å². The molecule has 7 nitrogen and oxygen atoms in total. The summed E-state index contributed by atoms with van der Waals surface area (Å²) in [5, 5.41) is 15.3. The lowest BCUT2D eigenvalue weighted by atomic mass is 10.00. The zero-order valence-electron chi connectivity index (χ0n) is 17.0. The van der Waals surface area contributed by atoms with Gasteiger partial charge >= 0.3 is 5.63 Å². The van der Waals surface area contributed by atoms with Crippen molar-refractivity contribution in [3.63, 3.8) is 0 Å². The van der Waals surface area contributed by atoms with E-state index in [0.717, 1.165) is 27.7 Å². The monoisotopic (exact) mass is 398 g/mol. The first kappa shape index (κ1) is 20.6. The molecule has 0 saturated carbocycles. The molecule has 154 valence electrons. The third-order valence-electron chi connectivity index (χ3n) is 5.38.